The molecule has 0 amide bonds. The molecule has 116 valence electrons. The van der Waals surface area contributed by atoms with Crippen molar-refractivity contribution in [2.45, 2.75) is 59.3 Å². The van der Waals surface area contributed by atoms with E-state index in [2.05, 4.69) is 52.0 Å². The van der Waals surface area contributed by atoms with E-state index in [-0.39, 0.29) is 23.2 Å². The molecular formula is C19H28ClN. The molecule has 0 aromatic heterocycles. The van der Waals surface area contributed by atoms with Crippen molar-refractivity contribution in [3.8, 4) is 0 Å². The molecule has 1 saturated carbocycles. The van der Waals surface area contributed by atoms with Gasteiger partial charge in [-0.2, -0.15) is 0 Å². The molecule has 0 saturated heterocycles. The Balaban J connectivity index is 0.00000161. The second kappa shape index (κ2) is 5.76. The lowest BCUT2D eigenvalue weighted by Gasteiger charge is -2.49. The number of benzene rings is 1. The Labute approximate surface area is 135 Å². The normalized spacial score (nSPS) is 29.7. The largest absolute Gasteiger partial charge is 0.289 e. The van der Waals surface area contributed by atoms with Gasteiger partial charge in [-0.15, -0.1) is 12.4 Å². The molecule has 2 atom stereocenters. The van der Waals surface area contributed by atoms with Gasteiger partial charge in [-0.1, -0.05) is 57.9 Å². The molecule has 2 heteroatoms. The fraction of sp³-hybridized carbons (Fsp3) is 0.632. The summed E-state index contributed by atoms with van der Waals surface area (Å²) in [6.07, 6.45) is 5.35. The van der Waals surface area contributed by atoms with Crippen LogP contribution in [0.2, 0.25) is 0 Å². The zero-order valence-corrected chi connectivity index (χ0v) is 14.6. The minimum atomic E-state index is 0. The monoisotopic (exact) mass is 305 g/mol. The number of nitrogens with zero attached hydrogens (tertiary/aromatic N) is 1. The topological polar surface area (TPSA) is 12.4 Å². The first kappa shape index (κ1) is 16.5. The van der Waals surface area contributed by atoms with E-state index in [0.717, 1.165) is 6.54 Å². The molecule has 1 nitrogen and oxygen atoms in total. The average molecular weight is 306 g/mol. The van der Waals surface area contributed by atoms with Crippen LogP contribution in [-0.2, 0) is 0 Å². The molecule has 2 aliphatic rings. The van der Waals surface area contributed by atoms with E-state index >= 15 is 0 Å². The molecule has 0 heterocycles. The summed E-state index contributed by atoms with van der Waals surface area (Å²) in [5.41, 5.74) is 4.94. The van der Waals surface area contributed by atoms with Crippen molar-refractivity contribution >= 4 is 18.1 Å². The molecule has 21 heavy (non-hydrogen) atoms. The zero-order chi connectivity index (χ0) is 14.4. The molecule has 1 aromatic carbocycles. The van der Waals surface area contributed by atoms with Gasteiger partial charge in [-0.05, 0) is 42.2 Å². The Morgan fingerprint density at radius 1 is 1.19 bits per heavy atom. The van der Waals surface area contributed by atoms with E-state index in [1.54, 1.807) is 5.56 Å². The Hall–Kier alpha value is -0.820. The lowest BCUT2D eigenvalue weighted by atomic mass is 9.54. The van der Waals surface area contributed by atoms with Crippen molar-refractivity contribution in [2.75, 3.05) is 6.54 Å². The van der Waals surface area contributed by atoms with Gasteiger partial charge in [0, 0.05) is 17.7 Å². The van der Waals surface area contributed by atoms with Crippen molar-refractivity contribution in [2.24, 2.45) is 15.8 Å². The van der Waals surface area contributed by atoms with E-state index in [0.29, 0.717) is 5.92 Å². The SMILES string of the molecule is CCN=C1c2ccccc2C2CCCCC12C(C)(C)C.Cl. The summed E-state index contributed by atoms with van der Waals surface area (Å²) in [4.78, 5) is 5.00. The van der Waals surface area contributed by atoms with Crippen molar-refractivity contribution in [1.82, 2.24) is 0 Å². The first-order valence-electron chi connectivity index (χ1n) is 8.16. The van der Waals surface area contributed by atoms with Crippen LogP contribution in [-0.4, -0.2) is 12.3 Å². The highest BCUT2D eigenvalue weighted by Gasteiger charge is 2.57. The van der Waals surface area contributed by atoms with Crippen molar-refractivity contribution in [3.63, 3.8) is 0 Å². The standard InChI is InChI=1S/C19H27N.ClH/c1-5-20-17-15-11-7-6-10-14(15)16-12-8-9-13-19(16,17)18(2,3)4;/h6-7,10-11,16H,5,8-9,12-13H2,1-4H3;1H. The van der Waals surface area contributed by atoms with Crippen LogP contribution in [0, 0.1) is 10.8 Å². The molecule has 2 unspecified atom stereocenters. The van der Waals surface area contributed by atoms with E-state index in [9.17, 15) is 0 Å². The molecule has 2 aliphatic carbocycles. The first-order chi connectivity index (χ1) is 9.52. The van der Waals surface area contributed by atoms with E-state index in [4.69, 9.17) is 4.99 Å². The summed E-state index contributed by atoms with van der Waals surface area (Å²) in [5, 5.41) is 0. The lowest BCUT2D eigenvalue weighted by Crippen LogP contribution is -2.45. The zero-order valence-electron chi connectivity index (χ0n) is 13.8. The molecular weight excluding hydrogens is 278 g/mol. The van der Waals surface area contributed by atoms with E-state index < -0.39 is 0 Å². The third kappa shape index (κ3) is 2.25. The van der Waals surface area contributed by atoms with Gasteiger partial charge in [0.1, 0.15) is 0 Å². The Kier molecular flexibility index (Phi) is 4.54. The van der Waals surface area contributed by atoms with Gasteiger partial charge in [-0.25, -0.2) is 0 Å². The Morgan fingerprint density at radius 2 is 1.90 bits per heavy atom. The Morgan fingerprint density at radius 3 is 2.57 bits per heavy atom. The lowest BCUT2D eigenvalue weighted by molar-refractivity contribution is 0.0948. The van der Waals surface area contributed by atoms with Crippen LogP contribution in [0.25, 0.3) is 0 Å². The third-order valence-electron chi connectivity index (χ3n) is 5.58. The van der Waals surface area contributed by atoms with Crippen LogP contribution < -0.4 is 0 Å². The van der Waals surface area contributed by atoms with Gasteiger partial charge in [0.05, 0.1) is 0 Å². The second-order valence-electron chi connectivity index (χ2n) is 7.43. The van der Waals surface area contributed by atoms with Crippen LogP contribution in [0.1, 0.15) is 70.4 Å². The summed E-state index contributed by atoms with van der Waals surface area (Å²) in [6, 6.07) is 9.03. The molecule has 1 fully saturated rings. The highest BCUT2D eigenvalue weighted by atomic mass is 35.5. The quantitative estimate of drug-likeness (QED) is 0.638. The van der Waals surface area contributed by atoms with Gasteiger partial charge in [0.2, 0.25) is 0 Å². The maximum atomic E-state index is 5.00. The number of hydrogen-bond acceptors (Lipinski definition) is 1. The highest BCUT2D eigenvalue weighted by molar-refractivity contribution is 6.10. The van der Waals surface area contributed by atoms with Gasteiger partial charge in [0.25, 0.3) is 0 Å². The van der Waals surface area contributed by atoms with Gasteiger partial charge in [0.15, 0.2) is 0 Å². The van der Waals surface area contributed by atoms with Crippen molar-refractivity contribution in [3.05, 3.63) is 35.4 Å². The number of rotatable bonds is 1. The summed E-state index contributed by atoms with van der Waals surface area (Å²) >= 11 is 0. The van der Waals surface area contributed by atoms with E-state index in [1.165, 1.54) is 37.0 Å². The van der Waals surface area contributed by atoms with Crippen LogP contribution in [0.4, 0.5) is 0 Å². The number of fused-ring (bicyclic) bond motifs is 3. The highest BCUT2D eigenvalue weighted by Crippen LogP contribution is 2.63. The van der Waals surface area contributed by atoms with Gasteiger partial charge in [-0.3, -0.25) is 4.99 Å². The molecule has 0 N–H and O–H groups in total. The van der Waals surface area contributed by atoms with Gasteiger partial charge >= 0.3 is 0 Å². The third-order valence-corrected chi connectivity index (χ3v) is 5.58. The van der Waals surface area contributed by atoms with Crippen molar-refractivity contribution < 1.29 is 0 Å². The average Bonchev–Trinajstić information content (AvgIpc) is 2.72. The van der Waals surface area contributed by atoms with Crippen molar-refractivity contribution in [1.29, 1.82) is 0 Å². The predicted molar refractivity (Wildman–Crippen MR) is 93.9 cm³/mol. The fourth-order valence-electron chi connectivity index (χ4n) is 4.77. The van der Waals surface area contributed by atoms with Crippen LogP contribution >= 0.6 is 12.4 Å². The molecule has 0 spiro atoms. The summed E-state index contributed by atoms with van der Waals surface area (Å²) < 4.78 is 0. The summed E-state index contributed by atoms with van der Waals surface area (Å²) in [5.74, 6) is 0.678. The maximum Gasteiger partial charge on any atom is 0.0496 e. The minimum Gasteiger partial charge on any atom is -0.289 e. The maximum absolute atomic E-state index is 5.00. The molecule has 0 bridgehead atoms. The number of halogens is 1. The number of aliphatic imine (C=N–C) groups is 1. The molecule has 0 radical (unpaired) electrons. The Bertz CT molecular complexity index is 541. The van der Waals surface area contributed by atoms with Crippen LogP contribution in [0.3, 0.4) is 0 Å². The second-order valence-corrected chi connectivity index (χ2v) is 7.43. The van der Waals surface area contributed by atoms with E-state index in [1.807, 2.05) is 0 Å². The number of hydrogen-bond donors (Lipinski definition) is 0. The summed E-state index contributed by atoms with van der Waals surface area (Å²) in [7, 11) is 0. The van der Waals surface area contributed by atoms with Crippen LogP contribution in [0.15, 0.2) is 29.3 Å². The molecule has 0 aliphatic heterocycles. The van der Waals surface area contributed by atoms with Crippen LogP contribution in [0.5, 0.6) is 0 Å². The molecule has 1 aromatic rings. The summed E-state index contributed by atoms with van der Waals surface area (Å²) in [6.45, 7) is 10.3. The molecule has 3 rings (SSSR count). The fourth-order valence-corrected chi connectivity index (χ4v) is 4.77. The first-order valence-corrected chi connectivity index (χ1v) is 8.16. The smallest absolute Gasteiger partial charge is 0.0496 e. The minimum absolute atomic E-state index is 0. The van der Waals surface area contributed by atoms with Gasteiger partial charge < -0.3 is 0 Å². The predicted octanol–water partition coefficient (Wildman–Crippen LogP) is 5.62.